The van der Waals surface area contributed by atoms with E-state index in [1.165, 1.54) is 0 Å². The van der Waals surface area contributed by atoms with Gasteiger partial charge in [-0.1, -0.05) is 5.92 Å². The van der Waals surface area contributed by atoms with Crippen LogP contribution in [0.15, 0.2) is 12.1 Å². The normalized spacial score (nSPS) is 9.70. The van der Waals surface area contributed by atoms with Gasteiger partial charge >= 0.3 is 0 Å². The molecule has 0 spiro atoms. The average Bonchev–Trinajstić information content (AvgIpc) is 2.43. The van der Waals surface area contributed by atoms with Gasteiger partial charge in [0.15, 0.2) is 17.3 Å². The fourth-order valence-electron chi connectivity index (χ4n) is 1.74. The van der Waals surface area contributed by atoms with Crippen LogP contribution in [0.5, 0.6) is 17.2 Å². The summed E-state index contributed by atoms with van der Waals surface area (Å²) in [6.07, 6.45) is 5.23. The molecule has 0 bridgehead atoms. The first-order chi connectivity index (χ1) is 9.67. The Morgan fingerprint density at radius 2 is 1.55 bits per heavy atom. The van der Waals surface area contributed by atoms with Crippen LogP contribution >= 0.6 is 0 Å². The number of ether oxygens (including phenoxy) is 3. The van der Waals surface area contributed by atoms with Crippen LogP contribution < -0.4 is 14.2 Å². The van der Waals surface area contributed by atoms with E-state index in [4.69, 9.17) is 20.6 Å². The zero-order valence-electron chi connectivity index (χ0n) is 12.2. The summed E-state index contributed by atoms with van der Waals surface area (Å²) in [7, 11) is 0. The first kappa shape index (κ1) is 15.9. The third-order valence-electron chi connectivity index (χ3n) is 2.49. The lowest BCUT2D eigenvalue weighted by Crippen LogP contribution is -2.06. The number of benzene rings is 1. The molecular weight excluding hydrogens is 256 g/mol. The molecule has 0 saturated carbocycles. The molecule has 0 fully saturated rings. The molecule has 0 N–H and O–H groups in total. The highest BCUT2D eigenvalue weighted by molar-refractivity contribution is 5.98. The number of carbonyl (C=O) groups excluding carboxylic acids is 1. The van der Waals surface area contributed by atoms with Gasteiger partial charge in [-0.2, -0.15) is 0 Å². The Morgan fingerprint density at radius 3 is 1.95 bits per heavy atom. The Labute approximate surface area is 120 Å². The van der Waals surface area contributed by atoms with Crippen molar-refractivity contribution in [3.63, 3.8) is 0 Å². The minimum Gasteiger partial charge on any atom is -0.490 e. The molecule has 0 aromatic heterocycles. The maximum Gasteiger partial charge on any atom is 0.203 e. The molecule has 1 aromatic carbocycles. The predicted octanol–water partition coefficient (Wildman–Crippen LogP) is 3.09. The fraction of sp³-hybridized carbons (Fsp3) is 0.438. The molecule has 0 radical (unpaired) electrons. The Balaban J connectivity index is 3.29. The van der Waals surface area contributed by atoms with Gasteiger partial charge in [-0.3, -0.25) is 4.79 Å². The highest BCUT2D eigenvalue weighted by atomic mass is 16.5. The lowest BCUT2D eigenvalue weighted by Gasteiger charge is -2.16. The van der Waals surface area contributed by atoms with E-state index < -0.39 is 0 Å². The number of terminal acetylenes is 1. The summed E-state index contributed by atoms with van der Waals surface area (Å²) in [5, 5.41) is 0. The SMILES string of the molecule is C#CCC(=O)c1cc(OCC)c(OCC)c(OCC)c1. The molecule has 0 unspecified atom stereocenters. The first-order valence-corrected chi connectivity index (χ1v) is 6.70. The molecule has 4 heteroatoms. The summed E-state index contributed by atoms with van der Waals surface area (Å²) in [5.41, 5.74) is 0.471. The lowest BCUT2D eigenvalue weighted by molar-refractivity contribution is 0.0997. The molecule has 1 aromatic rings. The Hall–Kier alpha value is -2.15. The Morgan fingerprint density at radius 1 is 1.05 bits per heavy atom. The predicted molar refractivity (Wildman–Crippen MR) is 77.7 cm³/mol. The Bertz CT molecular complexity index is 473. The van der Waals surface area contributed by atoms with Crippen LogP contribution in [0.1, 0.15) is 37.6 Å². The summed E-state index contributed by atoms with van der Waals surface area (Å²) in [6, 6.07) is 3.30. The van der Waals surface area contributed by atoms with E-state index in [1.807, 2.05) is 20.8 Å². The second-order valence-corrected chi connectivity index (χ2v) is 3.90. The van der Waals surface area contributed by atoms with E-state index in [-0.39, 0.29) is 12.2 Å². The maximum absolute atomic E-state index is 11.9. The largest absolute Gasteiger partial charge is 0.490 e. The summed E-state index contributed by atoms with van der Waals surface area (Å²) >= 11 is 0. The number of rotatable bonds is 8. The van der Waals surface area contributed by atoms with Gasteiger partial charge < -0.3 is 14.2 Å². The molecule has 0 aliphatic rings. The third kappa shape index (κ3) is 3.92. The molecule has 0 saturated heterocycles. The highest BCUT2D eigenvalue weighted by Crippen LogP contribution is 2.39. The minimum absolute atomic E-state index is 0.0467. The van der Waals surface area contributed by atoms with E-state index in [0.717, 1.165) is 0 Å². The fourth-order valence-corrected chi connectivity index (χ4v) is 1.74. The Kier molecular flexibility index (Phi) is 6.45. The molecular formula is C16H20O4. The van der Waals surface area contributed by atoms with Gasteiger partial charge in [-0.25, -0.2) is 0 Å². The summed E-state index contributed by atoms with van der Waals surface area (Å²) in [6.45, 7) is 7.04. The van der Waals surface area contributed by atoms with Gasteiger partial charge in [-0.05, 0) is 32.9 Å². The number of carbonyl (C=O) groups is 1. The molecule has 4 nitrogen and oxygen atoms in total. The summed E-state index contributed by atoms with van der Waals surface area (Å²) in [4.78, 5) is 11.9. The van der Waals surface area contributed by atoms with E-state index >= 15 is 0 Å². The number of hydrogen-bond donors (Lipinski definition) is 0. The quantitative estimate of drug-likeness (QED) is 0.540. The van der Waals surface area contributed by atoms with Crippen molar-refractivity contribution in [3.05, 3.63) is 17.7 Å². The van der Waals surface area contributed by atoms with E-state index in [0.29, 0.717) is 42.6 Å². The zero-order valence-corrected chi connectivity index (χ0v) is 12.2. The second-order valence-electron chi connectivity index (χ2n) is 3.90. The maximum atomic E-state index is 11.9. The molecule has 0 heterocycles. The van der Waals surface area contributed by atoms with E-state index in [1.54, 1.807) is 12.1 Å². The van der Waals surface area contributed by atoms with Crippen molar-refractivity contribution >= 4 is 5.78 Å². The number of Topliss-reactive ketones (excluding diaryl/α,β-unsaturated/α-hetero) is 1. The second kappa shape index (κ2) is 8.11. The molecule has 20 heavy (non-hydrogen) atoms. The van der Waals surface area contributed by atoms with Gasteiger partial charge in [0.2, 0.25) is 5.75 Å². The molecule has 0 aliphatic carbocycles. The zero-order chi connectivity index (χ0) is 15.0. The van der Waals surface area contributed by atoms with Crippen LogP contribution in [0.4, 0.5) is 0 Å². The van der Waals surface area contributed by atoms with Crippen molar-refractivity contribution in [1.82, 2.24) is 0 Å². The van der Waals surface area contributed by atoms with Crippen LogP contribution in [0.25, 0.3) is 0 Å². The summed E-state index contributed by atoms with van der Waals surface area (Å²) < 4.78 is 16.6. The third-order valence-corrected chi connectivity index (χ3v) is 2.49. The molecule has 0 aliphatic heterocycles. The van der Waals surface area contributed by atoms with Crippen LogP contribution in [0, 0.1) is 12.3 Å². The van der Waals surface area contributed by atoms with Crippen molar-refractivity contribution in [1.29, 1.82) is 0 Å². The lowest BCUT2D eigenvalue weighted by atomic mass is 10.1. The van der Waals surface area contributed by atoms with Crippen molar-refractivity contribution < 1.29 is 19.0 Å². The van der Waals surface area contributed by atoms with E-state index in [9.17, 15) is 4.79 Å². The molecule has 1 rings (SSSR count). The molecule has 0 amide bonds. The first-order valence-electron chi connectivity index (χ1n) is 6.70. The average molecular weight is 276 g/mol. The van der Waals surface area contributed by atoms with Crippen LogP contribution in [0.3, 0.4) is 0 Å². The van der Waals surface area contributed by atoms with Gasteiger partial charge in [0.1, 0.15) is 0 Å². The van der Waals surface area contributed by atoms with Gasteiger partial charge in [0.05, 0.1) is 26.2 Å². The van der Waals surface area contributed by atoms with Crippen molar-refractivity contribution in [2.75, 3.05) is 19.8 Å². The standard InChI is InChI=1S/C16H20O4/c1-5-9-13(17)12-10-14(18-6-2)16(20-8-4)15(11-12)19-7-3/h1,10-11H,6-9H2,2-4H3. The van der Waals surface area contributed by atoms with Gasteiger partial charge in [0.25, 0.3) is 0 Å². The van der Waals surface area contributed by atoms with Crippen molar-refractivity contribution in [3.8, 4) is 29.6 Å². The van der Waals surface area contributed by atoms with Gasteiger partial charge in [0, 0.05) is 5.56 Å². The minimum atomic E-state index is -0.141. The smallest absolute Gasteiger partial charge is 0.203 e. The van der Waals surface area contributed by atoms with Crippen LogP contribution in [0.2, 0.25) is 0 Å². The van der Waals surface area contributed by atoms with Gasteiger partial charge in [-0.15, -0.1) is 6.42 Å². The van der Waals surface area contributed by atoms with Crippen molar-refractivity contribution in [2.45, 2.75) is 27.2 Å². The van der Waals surface area contributed by atoms with Crippen molar-refractivity contribution in [2.24, 2.45) is 0 Å². The molecule has 0 atom stereocenters. The van der Waals surface area contributed by atoms with E-state index in [2.05, 4.69) is 5.92 Å². The topological polar surface area (TPSA) is 44.8 Å². The van der Waals surface area contributed by atoms with Crippen LogP contribution in [-0.4, -0.2) is 25.6 Å². The highest BCUT2D eigenvalue weighted by Gasteiger charge is 2.17. The van der Waals surface area contributed by atoms with Crippen LogP contribution in [-0.2, 0) is 0 Å². The number of ketones is 1. The summed E-state index contributed by atoms with van der Waals surface area (Å²) in [5.74, 6) is 3.73. The molecule has 108 valence electrons. The monoisotopic (exact) mass is 276 g/mol. The number of hydrogen-bond acceptors (Lipinski definition) is 4.